The molecule has 0 aliphatic heterocycles. The predicted molar refractivity (Wildman–Crippen MR) is 151 cm³/mol. The first-order valence-corrected chi connectivity index (χ1v) is 16.8. The molecule has 5 aliphatic rings. The van der Waals surface area contributed by atoms with E-state index < -0.39 is 49.7 Å². The fourth-order valence-electron chi connectivity index (χ4n) is 10.8. The molecule has 0 saturated heterocycles. The van der Waals surface area contributed by atoms with Crippen LogP contribution in [0.4, 0.5) is 0 Å². The van der Waals surface area contributed by atoms with E-state index in [0.717, 1.165) is 31.1 Å². The number of rotatable bonds is 4. The molecule has 0 amide bonds. The number of nitrogens with one attached hydrogen (secondary N) is 1. The summed E-state index contributed by atoms with van der Waals surface area (Å²) in [6, 6.07) is -0.742. The number of carboxylic acid groups (broad SMARTS) is 2. The van der Waals surface area contributed by atoms with Gasteiger partial charge in [0.1, 0.15) is 0 Å². The molecule has 5 aliphatic carbocycles. The smallest absolute Gasteiger partial charge is 0.311 e. The van der Waals surface area contributed by atoms with Gasteiger partial charge in [-0.3, -0.25) is 14.4 Å². The zero-order valence-electron chi connectivity index (χ0n) is 25.1. The molecule has 0 heterocycles. The fraction of sp³-hybridized carbons (Fsp3) is 0.839. The van der Waals surface area contributed by atoms with Crippen molar-refractivity contribution in [3.63, 3.8) is 0 Å². The van der Waals surface area contributed by atoms with Gasteiger partial charge in [-0.05, 0) is 111 Å². The summed E-state index contributed by atoms with van der Waals surface area (Å²) in [5, 5.41) is 20.6. The van der Waals surface area contributed by atoms with Crippen molar-refractivity contribution in [2.24, 2.45) is 50.2 Å². The zero-order valence-corrected chi connectivity index (χ0v) is 25.9. The number of carboxylic acids is 2. The molecule has 5 rings (SSSR count). The Morgan fingerprint density at radius 3 is 2.10 bits per heavy atom. The van der Waals surface area contributed by atoms with E-state index in [4.69, 9.17) is 0 Å². The Labute approximate surface area is 238 Å². The van der Waals surface area contributed by atoms with Crippen LogP contribution in [0.15, 0.2) is 11.6 Å². The van der Waals surface area contributed by atoms with Crippen LogP contribution in [0.5, 0.6) is 0 Å². The van der Waals surface area contributed by atoms with Crippen molar-refractivity contribution in [2.75, 3.05) is 6.26 Å². The van der Waals surface area contributed by atoms with E-state index in [2.05, 4.69) is 32.4 Å². The standard InChI is InChI=1S/C31H47NO7S/c1-26-12-13-27(2,24(34)35)17-19(26)18-16-20(33)23-28(3)10-9-22(32-40(7,38)39)31(6,25(36)37)21(28)8-11-30(23,5)29(18,4)15-14-26/h16,19,21-23,32H,8-15,17H2,1-7H3,(H,34,35)(H,36,37)/t19-,21+,22-,23+,26+,27-,28-,29+,30+,31-/m0/s1. The quantitative estimate of drug-likeness (QED) is 0.426. The highest BCUT2D eigenvalue weighted by atomic mass is 32.2. The summed E-state index contributed by atoms with van der Waals surface area (Å²) in [6.07, 6.45) is 9.01. The summed E-state index contributed by atoms with van der Waals surface area (Å²) in [5.74, 6) is -2.49. The maximum absolute atomic E-state index is 14.4. The topological polar surface area (TPSA) is 138 Å². The van der Waals surface area contributed by atoms with Crippen LogP contribution in [0, 0.1) is 50.2 Å². The number of sulfonamides is 1. The average molecular weight is 578 g/mol. The van der Waals surface area contributed by atoms with Crippen LogP contribution < -0.4 is 4.72 Å². The summed E-state index contributed by atoms with van der Waals surface area (Å²) >= 11 is 0. The molecule has 9 heteroatoms. The molecule has 4 fully saturated rings. The van der Waals surface area contributed by atoms with Gasteiger partial charge in [0.2, 0.25) is 10.0 Å². The van der Waals surface area contributed by atoms with Crippen LogP contribution in [0.1, 0.15) is 99.3 Å². The maximum Gasteiger partial charge on any atom is 0.311 e. The molecule has 0 bridgehead atoms. The first kappa shape index (κ1) is 29.7. The van der Waals surface area contributed by atoms with Crippen LogP contribution in [-0.4, -0.2) is 48.7 Å². The highest BCUT2D eigenvalue weighted by Gasteiger charge is 2.72. The Hall–Kier alpha value is -1.74. The third-order valence-electron chi connectivity index (χ3n) is 13.6. The molecule has 0 spiro atoms. The minimum Gasteiger partial charge on any atom is -0.481 e. The van der Waals surface area contributed by atoms with E-state index in [0.29, 0.717) is 38.5 Å². The fourth-order valence-corrected chi connectivity index (χ4v) is 11.7. The maximum atomic E-state index is 14.4. The van der Waals surface area contributed by atoms with Crippen molar-refractivity contribution in [2.45, 2.75) is 105 Å². The molecule has 0 aromatic rings. The van der Waals surface area contributed by atoms with Gasteiger partial charge in [-0.25, -0.2) is 13.1 Å². The monoisotopic (exact) mass is 577 g/mol. The van der Waals surface area contributed by atoms with Gasteiger partial charge in [-0.1, -0.05) is 33.3 Å². The van der Waals surface area contributed by atoms with Crippen molar-refractivity contribution in [1.82, 2.24) is 4.72 Å². The van der Waals surface area contributed by atoms with Gasteiger partial charge in [0.05, 0.1) is 17.1 Å². The van der Waals surface area contributed by atoms with Gasteiger partial charge in [0.25, 0.3) is 0 Å². The average Bonchev–Trinajstić information content (AvgIpc) is 2.82. The second kappa shape index (κ2) is 8.65. The van der Waals surface area contributed by atoms with Crippen molar-refractivity contribution in [3.8, 4) is 0 Å². The van der Waals surface area contributed by atoms with E-state index in [1.807, 2.05) is 13.0 Å². The number of aliphatic carboxylic acids is 2. The van der Waals surface area contributed by atoms with Gasteiger partial charge in [0.15, 0.2) is 5.78 Å². The molecule has 10 atom stereocenters. The summed E-state index contributed by atoms with van der Waals surface area (Å²) in [4.78, 5) is 39.6. The van der Waals surface area contributed by atoms with E-state index in [1.165, 1.54) is 0 Å². The van der Waals surface area contributed by atoms with E-state index in [1.54, 1.807) is 6.92 Å². The number of hydrogen-bond donors (Lipinski definition) is 3. The largest absolute Gasteiger partial charge is 0.481 e. The zero-order chi connectivity index (χ0) is 29.9. The van der Waals surface area contributed by atoms with Gasteiger partial charge < -0.3 is 10.2 Å². The van der Waals surface area contributed by atoms with E-state index in [9.17, 15) is 33.0 Å². The van der Waals surface area contributed by atoms with E-state index in [-0.39, 0.29) is 34.4 Å². The molecule has 40 heavy (non-hydrogen) atoms. The Morgan fingerprint density at radius 2 is 1.52 bits per heavy atom. The Balaban J connectivity index is 1.61. The number of carbonyl (C=O) groups is 3. The van der Waals surface area contributed by atoms with Crippen molar-refractivity contribution in [1.29, 1.82) is 0 Å². The molecular weight excluding hydrogens is 530 g/mol. The summed E-state index contributed by atoms with van der Waals surface area (Å²) in [6.45, 7) is 12.4. The molecule has 0 radical (unpaired) electrons. The molecule has 0 aromatic carbocycles. The third-order valence-corrected chi connectivity index (χ3v) is 14.3. The highest BCUT2D eigenvalue weighted by Crippen LogP contribution is 2.75. The number of carbonyl (C=O) groups excluding carboxylic acids is 1. The lowest BCUT2D eigenvalue weighted by Crippen LogP contribution is -2.69. The van der Waals surface area contributed by atoms with Gasteiger partial charge >= 0.3 is 11.9 Å². The van der Waals surface area contributed by atoms with E-state index >= 15 is 0 Å². The van der Waals surface area contributed by atoms with Crippen LogP contribution in [0.3, 0.4) is 0 Å². The number of ketones is 1. The van der Waals surface area contributed by atoms with Crippen LogP contribution in [0.25, 0.3) is 0 Å². The number of hydrogen-bond acceptors (Lipinski definition) is 5. The molecule has 0 unspecified atom stereocenters. The van der Waals surface area contributed by atoms with Gasteiger partial charge in [0, 0.05) is 12.0 Å². The lowest BCUT2D eigenvalue weighted by Gasteiger charge is -2.70. The van der Waals surface area contributed by atoms with Crippen molar-refractivity contribution >= 4 is 27.7 Å². The minimum absolute atomic E-state index is 0.0207. The summed E-state index contributed by atoms with van der Waals surface area (Å²) < 4.78 is 27.0. The molecule has 224 valence electrons. The molecule has 3 N–H and O–H groups in total. The molecule has 4 saturated carbocycles. The van der Waals surface area contributed by atoms with Crippen molar-refractivity contribution in [3.05, 3.63) is 11.6 Å². The summed E-state index contributed by atoms with van der Waals surface area (Å²) in [7, 11) is -3.62. The van der Waals surface area contributed by atoms with Crippen LogP contribution >= 0.6 is 0 Å². The lowest BCUT2D eigenvalue weighted by molar-refractivity contribution is -0.200. The summed E-state index contributed by atoms with van der Waals surface area (Å²) in [5.41, 5.74) is -2.41. The van der Waals surface area contributed by atoms with Crippen LogP contribution in [0.2, 0.25) is 0 Å². The number of allylic oxidation sites excluding steroid dienone is 2. The lowest BCUT2D eigenvalue weighted by atomic mass is 9.33. The molecule has 8 nitrogen and oxygen atoms in total. The third kappa shape index (κ3) is 3.78. The Morgan fingerprint density at radius 1 is 0.900 bits per heavy atom. The Kier molecular flexibility index (Phi) is 6.43. The minimum atomic E-state index is -3.62. The van der Waals surface area contributed by atoms with Crippen LogP contribution in [-0.2, 0) is 24.4 Å². The van der Waals surface area contributed by atoms with Crippen molar-refractivity contribution < 1.29 is 33.0 Å². The second-order valence-electron chi connectivity index (χ2n) is 15.6. The first-order chi connectivity index (χ1) is 18.2. The second-order valence-corrected chi connectivity index (χ2v) is 17.4. The molecular formula is C31H47NO7S. The predicted octanol–water partition coefficient (Wildman–Crippen LogP) is 5.03. The normalized spacial score (nSPS) is 50.5. The van der Waals surface area contributed by atoms with Gasteiger partial charge in [-0.15, -0.1) is 0 Å². The Bertz CT molecular complexity index is 1310. The number of fused-ring (bicyclic) bond motifs is 7. The van der Waals surface area contributed by atoms with Gasteiger partial charge in [-0.2, -0.15) is 0 Å². The molecule has 0 aromatic heterocycles. The SMILES string of the molecule is C[C@]1(C(=O)O)CC[C@]2(C)CC[C@]3(C)C(=CC(=O)[C@@H]4[C@@]5(C)CC[C@H](NS(C)(=O)=O)[C@@](C)(C(=O)O)[C@@H]5CC[C@]43C)[C@@H]2C1. The highest BCUT2D eigenvalue weighted by molar-refractivity contribution is 7.88. The first-order valence-electron chi connectivity index (χ1n) is 14.9.